The van der Waals surface area contributed by atoms with Crippen LogP contribution in [0.3, 0.4) is 0 Å². The molecule has 1 rings (SSSR count). The van der Waals surface area contributed by atoms with E-state index in [1.807, 2.05) is 0 Å². The molecule has 9 heteroatoms. The molecule has 1 aliphatic heterocycles. The minimum absolute atomic E-state index is 0.418. The van der Waals surface area contributed by atoms with Crippen LogP contribution in [0.1, 0.15) is 6.42 Å². The number of hydrogen-bond donors (Lipinski definition) is 6. The van der Waals surface area contributed by atoms with Crippen LogP contribution in [0.4, 0.5) is 0 Å². The Balaban J connectivity index is 2.99. The second kappa shape index (κ2) is 6.09. The minimum atomic E-state index is -2.16. The highest BCUT2D eigenvalue weighted by molar-refractivity contribution is 5.76. The number of rotatable bonds is 5. The number of aliphatic hydroxyl groups is 4. The summed E-state index contributed by atoms with van der Waals surface area (Å²) in [6, 6.07) is -1.13. The molecule has 1 fully saturated rings. The van der Waals surface area contributed by atoms with Crippen LogP contribution in [-0.4, -0.2) is 81.5 Å². The van der Waals surface area contributed by atoms with Crippen LogP contribution < -0.4 is 5.73 Å². The molecule has 0 bridgehead atoms. The van der Waals surface area contributed by atoms with E-state index in [-0.39, 0.29) is 0 Å². The van der Waals surface area contributed by atoms with Gasteiger partial charge >= 0.3 is 5.97 Å². The van der Waals surface area contributed by atoms with Gasteiger partial charge in [-0.05, 0) is 0 Å². The van der Waals surface area contributed by atoms with Crippen molar-refractivity contribution >= 4 is 5.97 Å². The van der Waals surface area contributed by atoms with Crippen molar-refractivity contribution in [3.63, 3.8) is 0 Å². The topological polar surface area (TPSA) is 163 Å². The zero-order valence-corrected chi connectivity index (χ0v) is 10.3. The van der Waals surface area contributed by atoms with E-state index in [1.54, 1.807) is 0 Å². The van der Waals surface area contributed by atoms with Crippen molar-refractivity contribution in [3.8, 4) is 0 Å². The lowest BCUT2D eigenvalue weighted by Gasteiger charge is -2.44. The van der Waals surface area contributed by atoms with Gasteiger partial charge in [-0.15, -0.1) is 0 Å². The van der Waals surface area contributed by atoms with Crippen LogP contribution in [0.5, 0.6) is 0 Å². The summed E-state index contributed by atoms with van der Waals surface area (Å²) in [5.41, 5.74) is 5.62. The molecule has 4 unspecified atom stereocenters. The summed E-state index contributed by atoms with van der Waals surface area (Å²) in [5, 5.41) is 46.7. The minimum Gasteiger partial charge on any atom is -0.477 e. The standard InChI is InChI=1S/C10H19NO8/c1-18-10(9(16)17)2-4(13)6(11)8(19-10)7(15)5(14)3-12/h4-8,12-15H,2-3,11H2,1H3,(H,16,17)/t4?,5-,6?,7-,8?,10?/m1/s1. The molecule has 0 radical (unpaired) electrons. The molecule has 6 atom stereocenters. The molecule has 1 heterocycles. The quantitative estimate of drug-likeness (QED) is 0.301. The van der Waals surface area contributed by atoms with Crippen LogP contribution in [0.2, 0.25) is 0 Å². The molecule has 19 heavy (non-hydrogen) atoms. The normalized spacial score (nSPS) is 38.7. The highest BCUT2D eigenvalue weighted by Crippen LogP contribution is 2.31. The Bertz CT molecular complexity index is 327. The lowest BCUT2D eigenvalue weighted by Crippen LogP contribution is -2.66. The van der Waals surface area contributed by atoms with Crippen molar-refractivity contribution in [2.75, 3.05) is 13.7 Å². The summed E-state index contributed by atoms with van der Waals surface area (Å²) in [5.74, 6) is -3.65. The molecule has 7 N–H and O–H groups in total. The van der Waals surface area contributed by atoms with Gasteiger partial charge in [-0.1, -0.05) is 0 Å². The molecule has 0 aromatic heterocycles. The van der Waals surface area contributed by atoms with Crippen molar-refractivity contribution in [3.05, 3.63) is 0 Å². The van der Waals surface area contributed by atoms with Gasteiger partial charge in [0.2, 0.25) is 0 Å². The van der Waals surface area contributed by atoms with Crippen LogP contribution in [0.15, 0.2) is 0 Å². The fourth-order valence-electron chi connectivity index (χ4n) is 1.96. The summed E-state index contributed by atoms with van der Waals surface area (Å²) in [6.45, 7) is -0.767. The Labute approximate surface area is 109 Å². The van der Waals surface area contributed by atoms with E-state index in [1.165, 1.54) is 0 Å². The lowest BCUT2D eigenvalue weighted by atomic mass is 9.89. The maximum absolute atomic E-state index is 11.2. The molecule has 112 valence electrons. The average molecular weight is 281 g/mol. The first-order valence-corrected chi connectivity index (χ1v) is 5.66. The molecular weight excluding hydrogens is 262 g/mol. The molecule has 0 aromatic carbocycles. The average Bonchev–Trinajstić information content (AvgIpc) is 2.39. The van der Waals surface area contributed by atoms with Crippen LogP contribution in [0.25, 0.3) is 0 Å². The smallest absolute Gasteiger partial charge is 0.364 e. The van der Waals surface area contributed by atoms with Gasteiger partial charge in [0.1, 0.15) is 18.3 Å². The van der Waals surface area contributed by atoms with Crippen molar-refractivity contribution in [1.82, 2.24) is 0 Å². The molecule has 0 aromatic rings. The number of aliphatic carboxylic acids is 1. The molecule has 0 saturated carbocycles. The highest BCUT2D eigenvalue weighted by atomic mass is 16.7. The lowest BCUT2D eigenvalue weighted by molar-refractivity contribution is -0.301. The number of carboxylic acids is 1. The number of ether oxygens (including phenoxy) is 2. The Kier molecular flexibility index (Phi) is 5.21. The monoisotopic (exact) mass is 281 g/mol. The number of methoxy groups -OCH3 is 1. The van der Waals surface area contributed by atoms with Crippen molar-refractivity contribution in [2.24, 2.45) is 5.73 Å². The summed E-state index contributed by atoms with van der Waals surface area (Å²) in [4.78, 5) is 11.2. The van der Waals surface area contributed by atoms with Gasteiger partial charge in [0.05, 0.1) is 18.8 Å². The van der Waals surface area contributed by atoms with Gasteiger partial charge in [-0.25, -0.2) is 4.79 Å². The fourth-order valence-corrected chi connectivity index (χ4v) is 1.96. The summed E-state index contributed by atoms with van der Waals surface area (Å²) in [7, 11) is 1.07. The maximum Gasteiger partial charge on any atom is 0.364 e. The third-order valence-corrected chi connectivity index (χ3v) is 3.20. The van der Waals surface area contributed by atoms with Gasteiger partial charge in [0.15, 0.2) is 0 Å². The zero-order chi connectivity index (χ0) is 14.8. The third kappa shape index (κ3) is 3.03. The second-order valence-corrected chi connectivity index (χ2v) is 4.43. The first-order chi connectivity index (χ1) is 8.79. The van der Waals surface area contributed by atoms with E-state index in [0.29, 0.717) is 0 Å². The SMILES string of the molecule is COC1(C(=O)O)CC(O)C(N)C([C@H](O)[C@H](O)CO)O1. The number of aliphatic hydroxyl groups excluding tert-OH is 4. The Morgan fingerprint density at radius 1 is 1.58 bits per heavy atom. The zero-order valence-electron chi connectivity index (χ0n) is 10.3. The van der Waals surface area contributed by atoms with E-state index in [4.69, 9.17) is 25.4 Å². The number of hydrogen-bond acceptors (Lipinski definition) is 8. The van der Waals surface area contributed by atoms with E-state index >= 15 is 0 Å². The molecule has 0 aliphatic carbocycles. The maximum atomic E-state index is 11.2. The molecule has 9 nitrogen and oxygen atoms in total. The fraction of sp³-hybridized carbons (Fsp3) is 0.900. The first-order valence-electron chi connectivity index (χ1n) is 5.66. The molecule has 0 spiro atoms. The van der Waals surface area contributed by atoms with E-state index in [2.05, 4.69) is 0 Å². The highest BCUT2D eigenvalue weighted by Gasteiger charge is 2.53. The van der Waals surface area contributed by atoms with E-state index < -0.39 is 55.2 Å². The Morgan fingerprint density at radius 3 is 2.58 bits per heavy atom. The predicted octanol–water partition coefficient (Wildman–Crippen LogP) is -3.40. The molecular formula is C10H19NO8. The van der Waals surface area contributed by atoms with Crippen molar-refractivity contribution in [1.29, 1.82) is 0 Å². The number of carboxylic acid groups (broad SMARTS) is 1. The van der Waals surface area contributed by atoms with Crippen LogP contribution in [-0.2, 0) is 14.3 Å². The predicted molar refractivity (Wildman–Crippen MR) is 59.9 cm³/mol. The van der Waals surface area contributed by atoms with Gasteiger partial charge in [0.25, 0.3) is 5.79 Å². The second-order valence-electron chi connectivity index (χ2n) is 4.43. The molecule has 1 aliphatic rings. The van der Waals surface area contributed by atoms with Crippen LogP contribution >= 0.6 is 0 Å². The number of carbonyl (C=O) groups is 1. The van der Waals surface area contributed by atoms with Crippen molar-refractivity contribution in [2.45, 2.75) is 42.7 Å². The Hall–Kier alpha value is -0.810. The number of nitrogens with two attached hydrogens (primary N) is 1. The largest absolute Gasteiger partial charge is 0.477 e. The van der Waals surface area contributed by atoms with E-state index in [9.17, 15) is 20.1 Å². The molecule has 1 saturated heterocycles. The van der Waals surface area contributed by atoms with E-state index in [0.717, 1.165) is 7.11 Å². The summed E-state index contributed by atoms with van der Waals surface area (Å²) in [6.07, 6.45) is -6.37. The van der Waals surface area contributed by atoms with Gasteiger partial charge in [-0.3, -0.25) is 0 Å². The van der Waals surface area contributed by atoms with Crippen LogP contribution in [0, 0.1) is 0 Å². The van der Waals surface area contributed by atoms with Gasteiger partial charge in [-0.2, -0.15) is 0 Å². The first kappa shape index (κ1) is 16.2. The summed E-state index contributed by atoms with van der Waals surface area (Å²) < 4.78 is 9.88. The molecule has 0 amide bonds. The third-order valence-electron chi connectivity index (χ3n) is 3.20. The van der Waals surface area contributed by atoms with Gasteiger partial charge < -0.3 is 40.7 Å². The Morgan fingerprint density at radius 2 is 2.16 bits per heavy atom. The summed E-state index contributed by atoms with van der Waals surface area (Å²) >= 11 is 0. The van der Waals surface area contributed by atoms with Gasteiger partial charge in [0, 0.05) is 13.5 Å². The van der Waals surface area contributed by atoms with Crippen molar-refractivity contribution < 1.29 is 39.8 Å².